The molecule has 4 nitrogen and oxygen atoms in total. The first-order valence-electron chi connectivity index (χ1n) is 7.01. The second-order valence-corrected chi connectivity index (χ2v) is 5.98. The van der Waals surface area contributed by atoms with Crippen LogP contribution in [0.15, 0.2) is 35.5 Å². The fraction of sp³-hybridized carbons (Fsp3) is 0.467. The van der Waals surface area contributed by atoms with Crippen LogP contribution in [0.3, 0.4) is 0 Å². The van der Waals surface area contributed by atoms with Crippen LogP contribution in [0.2, 0.25) is 0 Å². The number of nitrogens with one attached hydrogen (secondary N) is 1. The third-order valence-corrected chi connectivity index (χ3v) is 3.97. The van der Waals surface area contributed by atoms with Crippen molar-refractivity contribution in [2.75, 3.05) is 6.54 Å². The third-order valence-electron chi connectivity index (χ3n) is 2.98. The summed E-state index contributed by atoms with van der Waals surface area (Å²) in [7, 11) is 0. The SMILES string of the molecule is CCNCc1cccc(SCc2ncnn2C(C)C)c1. The van der Waals surface area contributed by atoms with E-state index < -0.39 is 0 Å². The van der Waals surface area contributed by atoms with Crippen molar-refractivity contribution in [2.45, 2.75) is 44.0 Å². The second kappa shape index (κ2) is 7.45. The molecular weight excluding hydrogens is 268 g/mol. The van der Waals surface area contributed by atoms with Gasteiger partial charge in [-0.05, 0) is 38.1 Å². The molecule has 0 amide bonds. The smallest absolute Gasteiger partial charge is 0.138 e. The van der Waals surface area contributed by atoms with Crippen molar-refractivity contribution >= 4 is 11.8 Å². The molecule has 1 heterocycles. The third kappa shape index (κ3) is 4.08. The number of hydrogen-bond acceptors (Lipinski definition) is 4. The molecule has 0 atom stereocenters. The average molecular weight is 290 g/mol. The van der Waals surface area contributed by atoms with E-state index in [0.717, 1.165) is 24.7 Å². The maximum absolute atomic E-state index is 4.34. The maximum atomic E-state index is 4.34. The van der Waals surface area contributed by atoms with Crippen LogP contribution in [-0.2, 0) is 12.3 Å². The van der Waals surface area contributed by atoms with Gasteiger partial charge in [-0.3, -0.25) is 0 Å². The van der Waals surface area contributed by atoms with Crippen molar-refractivity contribution in [1.29, 1.82) is 0 Å². The van der Waals surface area contributed by atoms with Gasteiger partial charge in [-0.1, -0.05) is 19.1 Å². The molecule has 0 saturated heterocycles. The van der Waals surface area contributed by atoms with Crippen molar-refractivity contribution in [3.05, 3.63) is 42.0 Å². The van der Waals surface area contributed by atoms with E-state index in [1.807, 2.05) is 4.68 Å². The predicted molar refractivity (Wildman–Crippen MR) is 83.8 cm³/mol. The van der Waals surface area contributed by atoms with E-state index in [1.165, 1.54) is 10.5 Å². The number of thioether (sulfide) groups is 1. The summed E-state index contributed by atoms with van der Waals surface area (Å²) in [5.41, 5.74) is 1.32. The minimum absolute atomic E-state index is 0.355. The molecule has 108 valence electrons. The molecule has 1 aromatic carbocycles. The molecule has 0 spiro atoms. The highest BCUT2D eigenvalue weighted by atomic mass is 32.2. The summed E-state index contributed by atoms with van der Waals surface area (Å²) in [6, 6.07) is 9.01. The Bertz CT molecular complexity index is 536. The van der Waals surface area contributed by atoms with Crippen LogP contribution < -0.4 is 5.32 Å². The number of benzene rings is 1. The van der Waals surface area contributed by atoms with Gasteiger partial charge in [0.2, 0.25) is 0 Å². The molecule has 0 aliphatic heterocycles. The Balaban J connectivity index is 1.98. The lowest BCUT2D eigenvalue weighted by Gasteiger charge is -2.09. The number of hydrogen-bond donors (Lipinski definition) is 1. The average Bonchev–Trinajstić information content (AvgIpc) is 2.92. The Morgan fingerprint density at radius 2 is 2.20 bits per heavy atom. The largest absolute Gasteiger partial charge is 0.313 e. The van der Waals surface area contributed by atoms with Crippen LogP contribution in [0, 0.1) is 0 Å². The highest BCUT2D eigenvalue weighted by molar-refractivity contribution is 7.98. The summed E-state index contributed by atoms with van der Waals surface area (Å²) in [6.07, 6.45) is 1.64. The summed E-state index contributed by atoms with van der Waals surface area (Å²) < 4.78 is 1.98. The van der Waals surface area contributed by atoms with Crippen molar-refractivity contribution in [3.63, 3.8) is 0 Å². The normalized spacial score (nSPS) is 11.2. The summed E-state index contributed by atoms with van der Waals surface area (Å²) in [6.45, 7) is 8.29. The molecule has 0 bridgehead atoms. The van der Waals surface area contributed by atoms with Gasteiger partial charge in [-0.2, -0.15) is 5.10 Å². The summed E-state index contributed by atoms with van der Waals surface area (Å²) in [5, 5.41) is 7.62. The molecule has 5 heteroatoms. The van der Waals surface area contributed by atoms with Gasteiger partial charge in [0.25, 0.3) is 0 Å². The Kier molecular flexibility index (Phi) is 5.61. The number of aromatic nitrogens is 3. The van der Waals surface area contributed by atoms with Gasteiger partial charge in [0, 0.05) is 17.5 Å². The molecule has 0 saturated carbocycles. The van der Waals surface area contributed by atoms with Crippen LogP contribution >= 0.6 is 11.8 Å². The van der Waals surface area contributed by atoms with Crippen LogP contribution in [0.25, 0.3) is 0 Å². The van der Waals surface area contributed by atoms with Gasteiger partial charge in [0.05, 0.1) is 5.75 Å². The molecule has 1 aromatic heterocycles. The monoisotopic (exact) mass is 290 g/mol. The van der Waals surface area contributed by atoms with Crippen LogP contribution in [-0.4, -0.2) is 21.3 Å². The minimum atomic E-state index is 0.355. The fourth-order valence-electron chi connectivity index (χ4n) is 1.97. The molecular formula is C15H22N4S. The lowest BCUT2D eigenvalue weighted by molar-refractivity contribution is 0.514. The Morgan fingerprint density at radius 1 is 1.35 bits per heavy atom. The summed E-state index contributed by atoms with van der Waals surface area (Å²) in [5.74, 6) is 1.88. The Hall–Kier alpha value is -1.33. The lowest BCUT2D eigenvalue weighted by Crippen LogP contribution is -2.11. The molecule has 1 N–H and O–H groups in total. The van der Waals surface area contributed by atoms with Crippen molar-refractivity contribution in [2.24, 2.45) is 0 Å². The summed E-state index contributed by atoms with van der Waals surface area (Å²) in [4.78, 5) is 5.62. The molecule has 2 rings (SSSR count). The van der Waals surface area contributed by atoms with Gasteiger partial charge in [0.1, 0.15) is 12.2 Å². The quantitative estimate of drug-likeness (QED) is 0.795. The highest BCUT2D eigenvalue weighted by Gasteiger charge is 2.08. The van der Waals surface area contributed by atoms with Gasteiger partial charge in [0.15, 0.2) is 0 Å². The lowest BCUT2D eigenvalue weighted by atomic mass is 10.2. The van der Waals surface area contributed by atoms with E-state index in [-0.39, 0.29) is 0 Å². The first-order chi connectivity index (χ1) is 9.70. The highest BCUT2D eigenvalue weighted by Crippen LogP contribution is 2.23. The zero-order valence-electron chi connectivity index (χ0n) is 12.3. The van der Waals surface area contributed by atoms with Gasteiger partial charge < -0.3 is 5.32 Å². The van der Waals surface area contributed by atoms with E-state index in [2.05, 4.69) is 60.4 Å². The maximum Gasteiger partial charge on any atom is 0.138 e. The zero-order chi connectivity index (χ0) is 14.4. The van der Waals surface area contributed by atoms with E-state index >= 15 is 0 Å². The summed E-state index contributed by atoms with van der Waals surface area (Å²) >= 11 is 1.81. The first-order valence-corrected chi connectivity index (χ1v) is 8.00. The number of rotatable bonds is 7. The van der Waals surface area contributed by atoms with Crippen LogP contribution in [0.5, 0.6) is 0 Å². The first kappa shape index (κ1) is 15.1. The van der Waals surface area contributed by atoms with Crippen LogP contribution in [0.4, 0.5) is 0 Å². The Labute approximate surface area is 125 Å². The fourth-order valence-corrected chi connectivity index (χ4v) is 2.88. The minimum Gasteiger partial charge on any atom is -0.313 e. The molecule has 0 unspecified atom stereocenters. The van der Waals surface area contributed by atoms with Crippen LogP contribution in [0.1, 0.15) is 38.2 Å². The standard InChI is InChI=1S/C15H22N4S/c1-4-16-9-13-6-5-7-14(8-13)20-10-15-17-11-18-19(15)12(2)3/h5-8,11-12,16H,4,9-10H2,1-3H3. The number of nitrogens with zero attached hydrogens (tertiary/aromatic N) is 3. The van der Waals surface area contributed by atoms with Gasteiger partial charge >= 0.3 is 0 Å². The van der Waals surface area contributed by atoms with E-state index in [4.69, 9.17) is 0 Å². The zero-order valence-corrected chi connectivity index (χ0v) is 13.2. The van der Waals surface area contributed by atoms with E-state index in [1.54, 1.807) is 18.1 Å². The topological polar surface area (TPSA) is 42.7 Å². The van der Waals surface area contributed by atoms with Crippen molar-refractivity contribution in [1.82, 2.24) is 20.1 Å². The Morgan fingerprint density at radius 3 is 2.95 bits per heavy atom. The molecule has 0 aliphatic carbocycles. The molecule has 0 fully saturated rings. The molecule has 0 aliphatic rings. The van der Waals surface area contributed by atoms with Crippen molar-refractivity contribution < 1.29 is 0 Å². The molecule has 2 aromatic rings. The molecule has 0 radical (unpaired) electrons. The van der Waals surface area contributed by atoms with E-state index in [9.17, 15) is 0 Å². The van der Waals surface area contributed by atoms with Gasteiger partial charge in [-0.25, -0.2) is 9.67 Å². The second-order valence-electron chi connectivity index (χ2n) is 4.93. The molecule has 20 heavy (non-hydrogen) atoms. The van der Waals surface area contributed by atoms with E-state index in [0.29, 0.717) is 6.04 Å². The van der Waals surface area contributed by atoms with Gasteiger partial charge in [-0.15, -0.1) is 11.8 Å². The van der Waals surface area contributed by atoms with Crippen molar-refractivity contribution in [3.8, 4) is 0 Å². The predicted octanol–water partition coefficient (Wildman–Crippen LogP) is 3.26.